The fraction of sp³-hybridized carbons (Fsp3) is 0.481. The average molecular weight is 483 g/mol. The van der Waals surface area contributed by atoms with Crippen molar-refractivity contribution < 1.29 is 4.74 Å². The highest BCUT2D eigenvalue weighted by atomic mass is 35.5. The van der Waals surface area contributed by atoms with Crippen LogP contribution in [0.3, 0.4) is 0 Å². The molecule has 3 heterocycles. The smallest absolute Gasteiger partial charge is 0.331 e. The van der Waals surface area contributed by atoms with Crippen molar-refractivity contribution >= 4 is 22.8 Å². The average Bonchev–Trinajstić information content (AvgIpc) is 3.09. The molecule has 4 rings (SSSR count). The molecule has 0 N–H and O–H groups in total. The van der Waals surface area contributed by atoms with Gasteiger partial charge in [-0.15, -0.1) is 0 Å². The van der Waals surface area contributed by atoms with Gasteiger partial charge < -0.3 is 9.64 Å². The van der Waals surface area contributed by atoms with Crippen LogP contribution in [-0.4, -0.2) is 45.3 Å². The van der Waals surface area contributed by atoms with Gasteiger partial charge in [0.25, 0.3) is 0 Å². The molecule has 1 aromatic carbocycles. The third-order valence-electron chi connectivity index (χ3n) is 7.18. The number of halogens is 1. The third kappa shape index (κ3) is 4.66. The van der Waals surface area contributed by atoms with Crippen LogP contribution in [0.1, 0.15) is 45.6 Å². The van der Waals surface area contributed by atoms with Crippen LogP contribution >= 0.6 is 11.6 Å². The van der Waals surface area contributed by atoms with Gasteiger partial charge in [0.05, 0.1) is 18.2 Å². The maximum Gasteiger partial charge on any atom is 0.331 e. The summed E-state index contributed by atoms with van der Waals surface area (Å²) in [6, 6.07) is 8.03. The number of fused-ring (bicyclic) bond motifs is 1. The Morgan fingerprint density at radius 3 is 2.53 bits per heavy atom. The normalized spacial score (nSPS) is 15.3. The van der Waals surface area contributed by atoms with Gasteiger partial charge in [0.2, 0.25) is 0 Å². The van der Waals surface area contributed by atoms with Crippen LogP contribution in [0.5, 0.6) is 0 Å². The molecule has 0 amide bonds. The zero-order valence-corrected chi connectivity index (χ0v) is 21.7. The van der Waals surface area contributed by atoms with Gasteiger partial charge in [-0.3, -0.25) is 9.13 Å². The van der Waals surface area contributed by atoms with Crippen LogP contribution in [0, 0.1) is 6.92 Å². The summed E-state index contributed by atoms with van der Waals surface area (Å²) in [5.41, 5.74) is 5.05. The number of piperidine rings is 1. The highest BCUT2D eigenvalue weighted by Crippen LogP contribution is 2.30. The monoisotopic (exact) mass is 482 g/mol. The van der Waals surface area contributed by atoms with E-state index in [9.17, 15) is 4.79 Å². The number of ether oxygens (including phenoxy) is 1. The second kappa shape index (κ2) is 9.59. The van der Waals surface area contributed by atoms with Crippen molar-refractivity contribution in [3.63, 3.8) is 0 Å². The highest BCUT2D eigenvalue weighted by molar-refractivity contribution is 6.31. The molecule has 6 nitrogen and oxygen atoms in total. The molecule has 0 bridgehead atoms. The lowest BCUT2D eigenvalue weighted by atomic mass is 10.0. The largest absolute Gasteiger partial charge is 0.381 e. The minimum Gasteiger partial charge on any atom is -0.381 e. The van der Waals surface area contributed by atoms with Crippen LogP contribution in [0.25, 0.3) is 22.3 Å². The molecule has 0 saturated carbocycles. The van der Waals surface area contributed by atoms with E-state index in [2.05, 4.69) is 44.4 Å². The van der Waals surface area contributed by atoms with Crippen molar-refractivity contribution in [1.82, 2.24) is 19.0 Å². The van der Waals surface area contributed by atoms with Crippen molar-refractivity contribution in [2.45, 2.75) is 65.1 Å². The zero-order chi connectivity index (χ0) is 24.6. The Kier molecular flexibility index (Phi) is 6.92. The number of pyridine rings is 1. The molecular formula is C27H35ClN4O2. The number of methoxy groups -OCH3 is 1. The van der Waals surface area contributed by atoms with Crippen LogP contribution < -0.4 is 5.69 Å². The number of aryl methyl sites for hydroxylation is 1. The Hall–Kier alpha value is -2.57. The Labute approximate surface area is 206 Å². The third-order valence-corrected chi connectivity index (χ3v) is 7.39. The standard InChI is InChI=1S/C27H35ClN4O2/c1-7-27(4,5)32-24-15-21(20-12-18(2)13-22(28)14-20)16-29-25(24)31(26(32)33)17-19(3)30-10-8-23(34-6)9-11-30/h12-16,23H,3,7-11,17H2,1-2,4-6H3. The van der Waals surface area contributed by atoms with Crippen LogP contribution in [0.4, 0.5) is 0 Å². The van der Waals surface area contributed by atoms with Crippen molar-refractivity contribution in [1.29, 1.82) is 0 Å². The van der Waals surface area contributed by atoms with Gasteiger partial charge in [0, 0.05) is 48.2 Å². The molecule has 0 spiro atoms. The molecule has 1 aliphatic rings. The Morgan fingerprint density at radius 1 is 1.21 bits per heavy atom. The molecule has 0 radical (unpaired) electrons. The molecule has 1 saturated heterocycles. The number of benzene rings is 1. The van der Waals surface area contributed by atoms with E-state index in [1.165, 1.54) is 0 Å². The number of hydrogen-bond donors (Lipinski definition) is 0. The lowest BCUT2D eigenvalue weighted by Crippen LogP contribution is -2.39. The maximum absolute atomic E-state index is 13.8. The first kappa shape index (κ1) is 24.6. The van der Waals surface area contributed by atoms with E-state index in [1.54, 1.807) is 11.7 Å². The van der Waals surface area contributed by atoms with Crippen molar-refractivity contribution in [2.75, 3.05) is 20.2 Å². The summed E-state index contributed by atoms with van der Waals surface area (Å²) < 4.78 is 9.15. The summed E-state index contributed by atoms with van der Waals surface area (Å²) in [6.45, 7) is 14.8. The molecule has 3 aromatic rings. The Bertz CT molecular complexity index is 1250. The van der Waals surface area contributed by atoms with Crippen molar-refractivity contribution in [3.8, 4) is 11.1 Å². The number of imidazole rings is 1. The quantitative estimate of drug-likeness (QED) is 0.440. The topological polar surface area (TPSA) is 52.3 Å². The van der Waals surface area contributed by atoms with Gasteiger partial charge in [0.1, 0.15) is 0 Å². The predicted molar refractivity (Wildman–Crippen MR) is 140 cm³/mol. The van der Waals surface area contributed by atoms with Gasteiger partial charge in [-0.05, 0) is 69.4 Å². The zero-order valence-electron chi connectivity index (χ0n) is 20.9. The van der Waals surface area contributed by atoms with Crippen LogP contribution in [-0.2, 0) is 16.8 Å². The molecule has 7 heteroatoms. The molecule has 182 valence electrons. The van der Waals surface area contributed by atoms with Crippen LogP contribution in [0.15, 0.2) is 47.5 Å². The molecule has 0 unspecified atom stereocenters. The Morgan fingerprint density at radius 2 is 1.91 bits per heavy atom. The summed E-state index contributed by atoms with van der Waals surface area (Å²) in [5, 5.41) is 0.687. The summed E-state index contributed by atoms with van der Waals surface area (Å²) in [4.78, 5) is 20.8. The maximum atomic E-state index is 13.8. The molecule has 0 atom stereocenters. The molecule has 34 heavy (non-hydrogen) atoms. The molecule has 1 aliphatic heterocycles. The van der Waals surface area contributed by atoms with E-state index in [0.717, 1.165) is 60.3 Å². The van der Waals surface area contributed by atoms with Crippen molar-refractivity contribution in [2.24, 2.45) is 0 Å². The molecule has 0 aliphatic carbocycles. The number of likely N-dealkylation sites (tertiary alicyclic amines) is 1. The minimum atomic E-state index is -0.358. The number of rotatable bonds is 7. The van der Waals surface area contributed by atoms with Gasteiger partial charge in [-0.2, -0.15) is 0 Å². The second-order valence-corrected chi connectivity index (χ2v) is 10.4. The van der Waals surface area contributed by atoms with E-state index >= 15 is 0 Å². The van der Waals surface area contributed by atoms with E-state index in [4.69, 9.17) is 21.3 Å². The van der Waals surface area contributed by atoms with Gasteiger partial charge in [-0.25, -0.2) is 9.78 Å². The number of nitrogens with zero attached hydrogens (tertiary/aromatic N) is 4. The molecule has 1 fully saturated rings. The first-order valence-corrected chi connectivity index (χ1v) is 12.4. The molecule has 2 aromatic heterocycles. The summed E-state index contributed by atoms with van der Waals surface area (Å²) in [7, 11) is 1.77. The van der Waals surface area contributed by atoms with E-state index in [0.29, 0.717) is 23.3 Å². The number of allylic oxidation sites excluding steroid dienone is 1. The summed E-state index contributed by atoms with van der Waals surface area (Å²) in [6.07, 6.45) is 4.89. The number of aromatic nitrogens is 3. The summed E-state index contributed by atoms with van der Waals surface area (Å²) in [5.74, 6) is 0. The van der Waals surface area contributed by atoms with Crippen LogP contribution in [0.2, 0.25) is 5.02 Å². The second-order valence-electron chi connectivity index (χ2n) is 9.94. The van der Waals surface area contributed by atoms with E-state index in [1.807, 2.05) is 29.8 Å². The summed E-state index contributed by atoms with van der Waals surface area (Å²) >= 11 is 6.32. The Balaban J connectivity index is 1.78. The van der Waals surface area contributed by atoms with Crippen molar-refractivity contribution in [3.05, 3.63) is 63.8 Å². The first-order chi connectivity index (χ1) is 16.1. The minimum absolute atomic E-state index is 0.0540. The fourth-order valence-corrected chi connectivity index (χ4v) is 5.06. The lowest BCUT2D eigenvalue weighted by Gasteiger charge is -2.34. The lowest BCUT2D eigenvalue weighted by molar-refractivity contribution is 0.0492. The SMILES string of the molecule is C=C(Cn1c(=O)n(C(C)(C)CC)c2cc(-c3cc(C)cc(Cl)c3)cnc21)N1CCC(OC)CC1. The predicted octanol–water partition coefficient (Wildman–Crippen LogP) is 5.60. The molecular weight excluding hydrogens is 448 g/mol. The van der Waals surface area contributed by atoms with Gasteiger partial charge in [0.15, 0.2) is 5.65 Å². The van der Waals surface area contributed by atoms with E-state index < -0.39 is 0 Å². The fourth-order valence-electron chi connectivity index (χ4n) is 4.77. The van der Waals surface area contributed by atoms with Gasteiger partial charge in [-0.1, -0.05) is 31.2 Å². The first-order valence-electron chi connectivity index (χ1n) is 12.0. The van der Waals surface area contributed by atoms with E-state index in [-0.39, 0.29) is 11.2 Å². The highest BCUT2D eigenvalue weighted by Gasteiger charge is 2.27. The van der Waals surface area contributed by atoms with Gasteiger partial charge >= 0.3 is 5.69 Å². The number of hydrogen-bond acceptors (Lipinski definition) is 4.